The number of para-hydroxylation sites is 1. The van der Waals surface area contributed by atoms with Gasteiger partial charge < -0.3 is 4.57 Å². The summed E-state index contributed by atoms with van der Waals surface area (Å²) in [5.41, 5.74) is 10.6. The summed E-state index contributed by atoms with van der Waals surface area (Å²) in [6.07, 6.45) is 2.29. The Labute approximate surface area is 371 Å². The summed E-state index contributed by atoms with van der Waals surface area (Å²) in [5.74, 6) is 1.85. The third-order valence-corrected chi connectivity index (χ3v) is 14.4. The summed E-state index contributed by atoms with van der Waals surface area (Å²) < 4.78 is 4.84. The lowest BCUT2D eigenvalue weighted by atomic mass is 9.62. The molecule has 0 amide bonds. The first kappa shape index (κ1) is 37.0. The zero-order valence-corrected chi connectivity index (χ0v) is 36.4. The Bertz CT molecular complexity index is 3890. The topological polar surface area (TPSA) is 48.5 Å². The van der Waals surface area contributed by atoms with E-state index in [0.29, 0.717) is 17.6 Å². The molecular formula is C59H45N5. The molecule has 0 atom stereocenters. The van der Waals surface area contributed by atoms with Gasteiger partial charge in [-0.3, -0.25) is 4.57 Å². The zero-order chi connectivity index (χ0) is 42.9. The normalized spacial score (nSPS) is 14.7. The number of hydrogen-bond acceptors (Lipinski definition) is 3. The molecule has 12 aromatic rings. The summed E-state index contributed by atoms with van der Waals surface area (Å²) in [4.78, 5) is 16.3. The Kier molecular flexibility index (Phi) is 7.76. The summed E-state index contributed by atoms with van der Waals surface area (Å²) in [6.45, 7) is 9.73. The van der Waals surface area contributed by atoms with Crippen LogP contribution in [0.3, 0.4) is 0 Å². The lowest BCUT2D eigenvalue weighted by molar-refractivity contribution is 0.334. The molecule has 0 saturated carbocycles. The van der Waals surface area contributed by atoms with Crippen molar-refractivity contribution in [3.63, 3.8) is 0 Å². The summed E-state index contributed by atoms with van der Waals surface area (Å²) in [6, 6.07) is 63.7. The fourth-order valence-corrected chi connectivity index (χ4v) is 11.1. The van der Waals surface area contributed by atoms with Crippen LogP contribution in [0.25, 0.3) is 110 Å². The van der Waals surface area contributed by atoms with Crippen LogP contribution in [0.4, 0.5) is 0 Å². The molecule has 0 fully saturated rings. The highest BCUT2D eigenvalue weighted by Gasteiger charge is 2.40. The Morgan fingerprint density at radius 3 is 1.86 bits per heavy atom. The van der Waals surface area contributed by atoms with Crippen molar-refractivity contribution in [1.29, 1.82) is 0 Å². The first-order valence-corrected chi connectivity index (χ1v) is 22.5. The monoisotopic (exact) mass is 823 g/mol. The number of fused-ring (bicyclic) bond motifs is 13. The van der Waals surface area contributed by atoms with Gasteiger partial charge in [0.05, 0.1) is 22.1 Å². The van der Waals surface area contributed by atoms with Crippen molar-refractivity contribution in [2.24, 2.45) is 0 Å². The van der Waals surface area contributed by atoms with Gasteiger partial charge in [0.1, 0.15) is 0 Å². The predicted molar refractivity (Wildman–Crippen MR) is 267 cm³/mol. The van der Waals surface area contributed by atoms with Crippen molar-refractivity contribution in [2.45, 2.75) is 51.4 Å². The molecule has 5 heteroatoms. The summed E-state index contributed by atoms with van der Waals surface area (Å²) in [5, 5.41) is 11.9. The molecule has 5 nitrogen and oxygen atoms in total. The molecule has 0 spiro atoms. The molecule has 0 N–H and O–H groups in total. The molecule has 3 aromatic heterocycles. The molecular weight excluding hydrogens is 779 g/mol. The first-order chi connectivity index (χ1) is 31.2. The Morgan fingerprint density at radius 1 is 0.422 bits per heavy atom. The average molecular weight is 824 g/mol. The maximum Gasteiger partial charge on any atom is 0.238 e. The molecule has 1 aliphatic rings. The number of nitrogens with zero attached hydrogens (tertiary/aromatic N) is 5. The smallest absolute Gasteiger partial charge is 0.238 e. The highest BCUT2D eigenvalue weighted by atomic mass is 15.2. The quantitative estimate of drug-likeness (QED) is 0.166. The van der Waals surface area contributed by atoms with Gasteiger partial charge >= 0.3 is 0 Å². The molecule has 0 aliphatic heterocycles. The largest absolute Gasteiger partial charge is 0.309 e. The molecule has 9 aromatic carbocycles. The second-order valence-corrected chi connectivity index (χ2v) is 19.1. The molecule has 0 saturated heterocycles. The van der Waals surface area contributed by atoms with E-state index in [9.17, 15) is 0 Å². The van der Waals surface area contributed by atoms with E-state index in [1.165, 1.54) is 59.7 Å². The standard InChI is InChI=1S/C59H45N5/c1-58(2)31-32-59(3,4)53-48(58)29-28-44-45-34-47-51(35-50(45)63(54(44)53)39-21-9-6-10-22-39)64(49-30-27-36-17-11-14-24-41(36)52(47)49)57-61-55(37-18-7-5-8-19-37)60-56(62-57)46-33-38-20-12-13-23-40(38)42-25-15-16-26-43(42)46/h5-30,33-35H,31-32H2,1-4H3. The van der Waals surface area contributed by atoms with Crippen LogP contribution in [0.2, 0.25) is 0 Å². The van der Waals surface area contributed by atoms with Gasteiger partial charge in [-0.15, -0.1) is 0 Å². The van der Waals surface area contributed by atoms with Crippen LogP contribution in [0.1, 0.15) is 51.7 Å². The van der Waals surface area contributed by atoms with E-state index in [1.54, 1.807) is 0 Å². The fourth-order valence-electron chi connectivity index (χ4n) is 11.1. The van der Waals surface area contributed by atoms with Crippen molar-refractivity contribution in [3.8, 4) is 34.4 Å². The lowest BCUT2D eigenvalue weighted by Crippen LogP contribution is -2.34. The predicted octanol–water partition coefficient (Wildman–Crippen LogP) is 15.2. The average Bonchev–Trinajstić information content (AvgIpc) is 3.84. The van der Waals surface area contributed by atoms with Crippen molar-refractivity contribution in [3.05, 3.63) is 187 Å². The van der Waals surface area contributed by atoms with Crippen molar-refractivity contribution >= 4 is 75.9 Å². The lowest BCUT2D eigenvalue weighted by Gasteiger charge is -2.42. The van der Waals surface area contributed by atoms with E-state index >= 15 is 0 Å². The van der Waals surface area contributed by atoms with Crippen LogP contribution < -0.4 is 0 Å². The van der Waals surface area contributed by atoms with Crippen LogP contribution in [0.5, 0.6) is 0 Å². The van der Waals surface area contributed by atoms with E-state index in [2.05, 4.69) is 207 Å². The van der Waals surface area contributed by atoms with Crippen LogP contribution in [-0.2, 0) is 10.8 Å². The SMILES string of the molecule is CC1(C)CCC(C)(C)c2c1ccc1c3cc4c5c6ccccc6ccc5n(-c5nc(-c6ccccc6)nc(-c6cc7ccccc7c7ccccc67)n5)c4cc3n(-c3ccccc3)c21. The Hall–Kier alpha value is -7.63. The second-order valence-electron chi connectivity index (χ2n) is 19.1. The maximum atomic E-state index is 5.54. The fraction of sp³-hybridized carbons (Fsp3) is 0.136. The summed E-state index contributed by atoms with van der Waals surface area (Å²) in [7, 11) is 0. The minimum Gasteiger partial charge on any atom is -0.309 e. The molecule has 0 radical (unpaired) electrons. The molecule has 13 rings (SSSR count). The number of aromatic nitrogens is 5. The van der Waals surface area contributed by atoms with Gasteiger partial charge in [0, 0.05) is 38.4 Å². The summed E-state index contributed by atoms with van der Waals surface area (Å²) >= 11 is 0. The van der Waals surface area contributed by atoms with Crippen LogP contribution in [0, 0.1) is 0 Å². The van der Waals surface area contributed by atoms with Crippen LogP contribution >= 0.6 is 0 Å². The third-order valence-electron chi connectivity index (χ3n) is 14.4. The molecule has 306 valence electrons. The number of rotatable bonds is 4. The van der Waals surface area contributed by atoms with E-state index in [0.717, 1.165) is 57.0 Å². The van der Waals surface area contributed by atoms with Crippen molar-refractivity contribution < 1.29 is 0 Å². The zero-order valence-electron chi connectivity index (χ0n) is 36.4. The Morgan fingerprint density at radius 2 is 1.06 bits per heavy atom. The molecule has 64 heavy (non-hydrogen) atoms. The molecule has 1 aliphatic carbocycles. The Balaban J connectivity index is 1.20. The van der Waals surface area contributed by atoms with Gasteiger partial charge in [-0.2, -0.15) is 9.97 Å². The van der Waals surface area contributed by atoms with Crippen LogP contribution in [-0.4, -0.2) is 24.1 Å². The third kappa shape index (κ3) is 5.34. The molecule has 0 bridgehead atoms. The van der Waals surface area contributed by atoms with Crippen molar-refractivity contribution in [2.75, 3.05) is 0 Å². The molecule has 0 unspecified atom stereocenters. The van der Waals surface area contributed by atoms with Crippen LogP contribution in [0.15, 0.2) is 176 Å². The molecule has 3 heterocycles. The van der Waals surface area contributed by atoms with E-state index in [-0.39, 0.29) is 10.8 Å². The minimum atomic E-state index is -0.00904. The van der Waals surface area contributed by atoms with E-state index in [1.807, 2.05) is 6.07 Å². The highest BCUT2D eigenvalue weighted by molar-refractivity contribution is 6.25. The minimum absolute atomic E-state index is 0.00904. The maximum absolute atomic E-state index is 5.54. The van der Waals surface area contributed by atoms with Gasteiger partial charge in [-0.05, 0) is 104 Å². The van der Waals surface area contributed by atoms with Gasteiger partial charge in [0.15, 0.2) is 11.6 Å². The van der Waals surface area contributed by atoms with Gasteiger partial charge in [0.25, 0.3) is 0 Å². The number of benzene rings is 9. The van der Waals surface area contributed by atoms with Crippen molar-refractivity contribution in [1.82, 2.24) is 24.1 Å². The van der Waals surface area contributed by atoms with E-state index < -0.39 is 0 Å². The van der Waals surface area contributed by atoms with Gasteiger partial charge in [0.2, 0.25) is 5.95 Å². The highest BCUT2D eigenvalue weighted by Crippen LogP contribution is 2.51. The number of hydrogen-bond donors (Lipinski definition) is 0. The van der Waals surface area contributed by atoms with Gasteiger partial charge in [-0.1, -0.05) is 167 Å². The van der Waals surface area contributed by atoms with Gasteiger partial charge in [-0.25, -0.2) is 4.98 Å². The second kappa shape index (κ2) is 13.4. The van der Waals surface area contributed by atoms with E-state index in [4.69, 9.17) is 15.0 Å². The first-order valence-electron chi connectivity index (χ1n) is 22.5.